The molecule has 0 radical (unpaired) electrons. The van der Waals surface area contributed by atoms with Crippen LogP contribution in [-0.4, -0.2) is 53.1 Å². The molecule has 2 fully saturated rings. The van der Waals surface area contributed by atoms with Crippen LogP contribution >= 0.6 is 0 Å². The van der Waals surface area contributed by atoms with Crippen LogP contribution in [0.3, 0.4) is 0 Å². The Bertz CT molecular complexity index is 373. The van der Waals surface area contributed by atoms with Crippen LogP contribution in [0.5, 0.6) is 0 Å². The van der Waals surface area contributed by atoms with Gasteiger partial charge in [0.1, 0.15) is 0 Å². The zero-order valence-corrected chi connectivity index (χ0v) is 13.1. The number of carboxylic acid groups (broad SMARTS) is 1. The molecule has 0 aromatic rings. The molecule has 2 heterocycles. The molecule has 5 nitrogen and oxygen atoms in total. The van der Waals surface area contributed by atoms with Crippen LogP contribution in [0.25, 0.3) is 0 Å². The number of nitrogens with zero attached hydrogens (tertiary/aromatic N) is 2. The SMILES string of the molecule is CCCC1CCCN(C(=O)N2CCC[C@@H](C(=O)O)C2)CC1. The summed E-state index contributed by atoms with van der Waals surface area (Å²) >= 11 is 0. The van der Waals surface area contributed by atoms with Gasteiger partial charge in [-0.2, -0.15) is 0 Å². The molecule has 2 rings (SSSR count). The molecular weight excluding hydrogens is 268 g/mol. The van der Waals surface area contributed by atoms with Crippen molar-refractivity contribution in [2.45, 2.75) is 51.9 Å². The van der Waals surface area contributed by atoms with E-state index in [4.69, 9.17) is 5.11 Å². The molecule has 2 atom stereocenters. The van der Waals surface area contributed by atoms with Gasteiger partial charge in [-0.3, -0.25) is 4.79 Å². The summed E-state index contributed by atoms with van der Waals surface area (Å²) in [5.74, 6) is -0.408. The van der Waals surface area contributed by atoms with Gasteiger partial charge in [-0.15, -0.1) is 0 Å². The van der Waals surface area contributed by atoms with Gasteiger partial charge in [0.15, 0.2) is 0 Å². The predicted molar refractivity (Wildman–Crippen MR) is 81.2 cm³/mol. The summed E-state index contributed by atoms with van der Waals surface area (Å²) in [6.07, 6.45) is 7.35. The standard InChI is InChI=1S/C16H28N2O3/c1-2-5-13-6-3-9-17(11-8-13)16(21)18-10-4-7-14(12-18)15(19)20/h13-14H,2-12H2,1H3,(H,19,20)/t13?,14-/m1/s1. The lowest BCUT2D eigenvalue weighted by Gasteiger charge is -2.34. The highest BCUT2D eigenvalue weighted by Crippen LogP contribution is 2.24. The van der Waals surface area contributed by atoms with Crippen molar-refractivity contribution in [1.82, 2.24) is 9.80 Å². The van der Waals surface area contributed by atoms with Crippen LogP contribution < -0.4 is 0 Å². The molecule has 2 saturated heterocycles. The Morgan fingerprint density at radius 2 is 1.76 bits per heavy atom. The second kappa shape index (κ2) is 7.66. The summed E-state index contributed by atoms with van der Waals surface area (Å²) in [5.41, 5.74) is 0. The molecule has 0 aromatic carbocycles. The minimum Gasteiger partial charge on any atom is -0.481 e. The zero-order chi connectivity index (χ0) is 15.2. The lowest BCUT2D eigenvalue weighted by molar-refractivity contribution is -0.143. The van der Waals surface area contributed by atoms with Crippen LogP contribution in [0.1, 0.15) is 51.9 Å². The third-order valence-electron chi connectivity index (χ3n) is 4.86. The number of rotatable bonds is 3. The molecule has 1 N–H and O–H groups in total. The number of carboxylic acids is 1. The average Bonchev–Trinajstić information content (AvgIpc) is 2.73. The Morgan fingerprint density at radius 3 is 2.48 bits per heavy atom. The average molecular weight is 296 g/mol. The maximum atomic E-state index is 12.6. The number of aliphatic carboxylic acids is 1. The first kappa shape index (κ1) is 16.1. The Morgan fingerprint density at radius 1 is 1.05 bits per heavy atom. The lowest BCUT2D eigenvalue weighted by atomic mass is 9.96. The van der Waals surface area contributed by atoms with E-state index < -0.39 is 5.97 Å². The second-order valence-electron chi connectivity index (χ2n) is 6.48. The molecule has 0 aromatic heterocycles. The fourth-order valence-electron chi connectivity index (χ4n) is 3.61. The Labute approximate surface area is 127 Å². The summed E-state index contributed by atoms with van der Waals surface area (Å²) in [7, 11) is 0. The van der Waals surface area contributed by atoms with Gasteiger partial charge in [-0.1, -0.05) is 19.8 Å². The van der Waals surface area contributed by atoms with Gasteiger partial charge < -0.3 is 14.9 Å². The quantitative estimate of drug-likeness (QED) is 0.871. The topological polar surface area (TPSA) is 60.9 Å². The Balaban J connectivity index is 1.88. The van der Waals surface area contributed by atoms with Crippen molar-refractivity contribution in [1.29, 1.82) is 0 Å². The maximum absolute atomic E-state index is 12.6. The predicted octanol–water partition coefficient (Wildman–Crippen LogP) is 2.81. The second-order valence-corrected chi connectivity index (χ2v) is 6.48. The molecule has 0 saturated carbocycles. The van der Waals surface area contributed by atoms with Crippen LogP contribution in [0, 0.1) is 11.8 Å². The van der Waals surface area contributed by atoms with Gasteiger partial charge in [-0.25, -0.2) is 4.79 Å². The van der Waals surface area contributed by atoms with E-state index in [-0.39, 0.29) is 11.9 Å². The van der Waals surface area contributed by atoms with Crippen molar-refractivity contribution in [3.63, 3.8) is 0 Å². The maximum Gasteiger partial charge on any atom is 0.320 e. The number of carbonyl (C=O) groups is 2. The highest BCUT2D eigenvalue weighted by molar-refractivity contribution is 5.76. The number of carbonyl (C=O) groups excluding carboxylic acids is 1. The third kappa shape index (κ3) is 4.35. The minimum absolute atomic E-state index is 0.0538. The Kier molecular flexibility index (Phi) is 5.88. The largest absolute Gasteiger partial charge is 0.481 e. The highest BCUT2D eigenvalue weighted by atomic mass is 16.4. The molecule has 0 bridgehead atoms. The minimum atomic E-state index is -0.772. The van der Waals surface area contributed by atoms with E-state index >= 15 is 0 Å². The van der Waals surface area contributed by atoms with Crippen molar-refractivity contribution in [2.24, 2.45) is 11.8 Å². The third-order valence-corrected chi connectivity index (χ3v) is 4.86. The van der Waals surface area contributed by atoms with Crippen LogP contribution in [0.15, 0.2) is 0 Å². The number of hydrogen-bond acceptors (Lipinski definition) is 2. The monoisotopic (exact) mass is 296 g/mol. The number of urea groups is 1. The van der Waals surface area contributed by atoms with Gasteiger partial charge in [0.2, 0.25) is 0 Å². The first-order valence-corrected chi connectivity index (χ1v) is 8.38. The Hall–Kier alpha value is -1.26. The van der Waals surface area contributed by atoms with Crippen molar-refractivity contribution in [3.8, 4) is 0 Å². The number of amides is 2. The zero-order valence-electron chi connectivity index (χ0n) is 13.1. The first-order valence-electron chi connectivity index (χ1n) is 8.38. The molecule has 21 heavy (non-hydrogen) atoms. The van der Waals surface area contributed by atoms with E-state index in [2.05, 4.69) is 6.92 Å². The molecule has 2 aliphatic rings. The highest BCUT2D eigenvalue weighted by Gasteiger charge is 2.31. The summed E-state index contributed by atoms with van der Waals surface area (Å²) in [4.78, 5) is 27.4. The first-order chi connectivity index (χ1) is 10.1. The van der Waals surface area contributed by atoms with E-state index in [9.17, 15) is 9.59 Å². The summed E-state index contributed by atoms with van der Waals surface area (Å²) in [6, 6.07) is 0.0538. The van der Waals surface area contributed by atoms with E-state index in [1.807, 2.05) is 4.90 Å². The van der Waals surface area contributed by atoms with E-state index in [1.54, 1.807) is 4.90 Å². The fraction of sp³-hybridized carbons (Fsp3) is 0.875. The molecule has 2 amide bonds. The molecular formula is C16H28N2O3. The fourth-order valence-corrected chi connectivity index (χ4v) is 3.61. The molecule has 2 aliphatic heterocycles. The van der Waals surface area contributed by atoms with Crippen molar-refractivity contribution < 1.29 is 14.7 Å². The number of piperidine rings is 1. The van der Waals surface area contributed by atoms with E-state index in [0.717, 1.165) is 38.3 Å². The van der Waals surface area contributed by atoms with Crippen molar-refractivity contribution in [3.05, 3.63) is 0 Å². The molecule has 0 spiro atoms. The van der Waals surface area contributed by atoms with Gasteiger partial charge >= 0.3 is 12.0 Å². The van der Waals surface area contributed by atoms with Gasteiger partial charge in [-0.05, 0) is 38.0 Å². The normalized spacial score (nSPS) is 27.3. The van der Waals surface area contributed by atoms with Gasteiger partial charge in [0.25, 0.3) is 0 Å². The summed E-state index contributed by atoms with van der Waals surface area (Å²) < 4.78 is 0. The molecule has 0 aliphatic carbocycles. The molecule has 1 unspecified atom stereocenters. The van der Waals surface area contributed by atoms with E-state index in [0.29, 0.717) is 19.5 Å². The number of hydrogen-bond donors (Lipinski definition) is 1. The van der Waals surface area contributed by atoms with E-state index in [1.165, 1.54) is 19.3 Å². The molecule has 120 valence electrons. The lowest BCUT2D eigenvalue weighted by Crippen LogP contribution is -2.49. The summed E-state index contributed by atoms with van der Waals surface area (Å²) in [5, 5.41) is 9.14. The van der Waals surface area contributed by atoms with Gasteiger partial charge in [0.05, 0.1) is 5.92 Å². The molecule has 5 heteroatoms. The van der Waals surface area contributed by atoms with Crippen molar-refractivity contribution >= 4 is 12.0 Å². The van der Waals surface area contributed by atoms with Crippen LogP contribution in [-0.2, 0) is 4.79 Å². The number of likely N-dealkylation sites (tertiary alicyclic amines) is 2. The van der Waals surface area contributed by atoms with Gasteiger partial charge in [0, 0.05) is 26.2 Å². The van der Waals surface area contributed by atoms with Crippen molar-refractivity contribution in [2.75, 3.05) is 26.2 Å². The smallest absolute Gasteiger partial charge is 0.320 e. The summed E-state index contributed by atoms with van der Waals surface area (Å²) in [6.45, 7) is 4.96. The van der Waals surface area contributed by atoms with Crippen LogP contribution in [0.2, 0.25) is 0 Å². The van der Waals surface area contributed by atoms with Crippen LogP contribution in [0.4, 0.5) is 4.79 Å².